The molecular formula is C49H94N4O10. The number of amides is 2. The Balaban J connectivity index is 2.40. The molecule has 6 atom stereocenters. The summed E-state index contributed by atoms with van der Waals surface area (Å²) in [6.45, 7) is 11.0. The number of aliphatic hydroxyl groups is 4. The van der Waals surface area contributed by atoms with E-state index in [-0.39, 0.29) is 38.9 Å². The van der Waals surface area contributed by atoms with Crippen LogP contribution in [0.4, 0.5) is 0 Å². The van der Waals surface area contributed by atoms with Gasteiger partial charge in [0, 0.05) is 51.9 Å². The molecule has 1 rings (SSSR count). The Kier molecular flexibility index (Phi) is 36.2. The molecule has 1 aliphatic rings. The van der Waals surface area contributed by atoms with E-state index in [1.54, 1.807) is 6.92 Å². The second-order valence-corrected chi connectivity index (χ2v) is 18.3. The van der Waals surface area contributed by atoms with Crippen molar-refractivity contribution in [2.75, 3.05) is 52.5 Å². The Bertz CT molecular complexity index is 1140. The van der Waals surface area contributed by atoms with Crippen LogP contribution in [0.2, 0.25) is 0 Å². The number of carbonyl (C=O) groups is 4. The first-order valence-corrected chi connectivity index (χ1v) is 25.5. The number of nitrogens with zero attached hydrogens (tertiary/aromatic N) is 2. The molecule has 0 aromatic rings. The molecule has 370 valence electrons. The lowest BCUT2D eigenvalue weighted by atomic mass is 10.1. The van der Waals surface area contributed by atoms with Gasteiger partial charge in [0.15, 0.2) is 0 Å². The summed E-state index contributed by atoms with van der Waals surface area (Å²) in [5.41, 5.74) is 0. The van der Waals surface area contributed by atoms with Crippen molar-refractivity contribution in [2.24, 2.45) is 0 Å². The fourth-order valence-corrected chi connectivity index (χ4v) is 8.24. The number of esters is 2. The van der Waals surface area contributed by atoms with Crippen molar-refractivity contribution >= 4 is 23.8 Å². The van der Waals surface area contributed by atoms with E-state index in [9.17, 15) is 39.6 Å². The van der Waals surface area contributed by atoms with Gasteiger partial charge in [-0.15, -0.1) is 0 Å². The van der Waals surface area contributed by atoms with Crippen LogP contribution in [0.25, 0.3) is 0 Å². The Morgan fingerprint density at radius 1 is 0.508 bits per heavy atom. The minimum absolute atomic E-state index is 0.0378. The average molecular weight is 899 g/mol. The molecule has 0 aliphatic carbocycles. The topological polar surface area (TPSA) is 198 Å². The maximum atomic E-state index is 12.8. The van der Waals surface area contributed by atoms with E-state index < -0.39 is 60.3 Å². The monoisotopic (exact) mass is 899 g/mol. The quantitative estimate of drug-likeness (QED) is 0.0280. The van der Waals surface area contributed by atoms with E-state index >= 15 is 0 Å². The summed E-state index contributed by atoms with van der Waals surface area (Å²) in [6.07, 6.45) is 22.4. The molecule has 2 amide bonds. The van der Waals surface area contributed by atoms with Crippen LogP contribution in [0.3, 0.4) is 0 Å². The highest BCUT2D eigenvalue weighted by molar-refractivity contribution is 5.96. The highest BCUT2D eigenvalue weighted by atomic mass is 16.5. The lowest BCUT2D eigenvalue weighted by Crippen LogP contribution is -2.62. The van der Waals surface area contributed by atoms with Crippen LogP contribution in [0, 0.1) is 0 Å². The number of carbonyl (C=O) groups excluding carboxylic acids is 4. The third-order valence-electron chi connectivity index (χ3n) is 11.9. The van der Waals surface area contributed by atoms with E-state index in [1.807, 2.05) is 4.90 Å². The van der Waals surface area contributed by atoms with Crippen molar-refractivity contribution in [3.8, 4) is 0 Å². The fourth-order valence-electron chi connectivity index (χ4n) is 8.24. The number of nitrogens with one attached hydrogen (secondary N) is 2. The van der Waals surface area contributed by atoms with E-state index in [4.69, 9.17) is 9.47 Å². The maximum absolute atomic E-state index is 12.8. The Morgan fingerprint density at radius 3 is 1.16 bits per heavy atom. The van der Waals surface area contributed by atoms with Crippen LogP contribution in [0.5, 0.6) is 0 Å². The predicted octanol–water partition coefficient (Wildman–Crippen LogP) is 6.72. The normalized spacial score (nSPS) is 17.4. The average Bonchev–Trinajstić information content (AvgIpc) is 3.23. The minimum atomic E-state index is -0.852. The molecule has 14 heteroatoms. The Morgan fingerprint density at radius 2 is 0.825 bits per heavy atom. The van der Waals surface area contributed by atoms with Gasteiger partial charge in [-0.1, -0.05) is 136 Å². The summed E-state index contributed by atoms with van der Waals surface area (Å²) in [4.78, 5) is 54.7. The smallest absolute Gasteiger partial charge is 0.305 e. The Hall–Kier alpha value is -2.36. The third-order valence-corrected chi connectivity index (χ3v) is 11.9. The Labute approximate surface area is 382 Å². The summed E-state index contributed by atoms with van der Waals surface area (Å²) in [5.74, 6) is -1.62. The van der Waals surface area contributed by atoms with Gasteiger partial charge >= 0.3 is 11.9 Å². The molecule has 1 fully saturated rings. The van der Waals surface area contributed by atoms with Crippen molar-refractivity contribution in [1.29, 1.82) is 0 Å². The van der Waals surface area contributed by atoms with Crippen LogP contribution in [0.1, 0.15) is 201 Å². The lowest BCUT2D eigenvalue weighted by Gasteiger charge is -2.29. The molecule has 1 heterocycles. The van der Waals surface area contributed by atoms with Crippen LogP contribution in [-0.4, -0.2) is 143 Å². The molecule has 63 heavy (non-hydrogen) atoms. The molecule has 0 aromatic heterocycles. The summed E-state index contributed by atoms with van der Waals surface area (Å²) in [7, 11) is 0. The van der Waals surface area contributed by atoms with Gasteiger partial charge in [0.1, 0.15) is 12.1 Å². The lowest BCUT2D eigenvalue weighted by molar-refractivity contribution is -0.147. The van der Waals surface area contributed by atoms with Gasteiger partial charge < -0.3 is 40.5 Å². The molecule has 0 radical (unpaired) electrons. The standard InChI is InChI=1S/C49H94N4O10/c1-5-8-11-14-17-20-25-41(55)37-52(36-40(4)54)32-23-28-46(58)62-34-30-44-48(60)51-45(49(61)50-44)31-35-63-47(59)29-24-33-53(38-42(56)26-21-18-15-12-9-6-2)39-43(57)27-22-19-16-13-10-7-3/h40-45,54-57H,5-39H2,1-4H3,(H,50,61)(H,51,60). The molecule has 1 aliphatic heterocycles. The molecule has 1 saturated heterocycles. The highest BCUT2D eigenvalue weighted by Crippen LogP contribution is 2.15. The van der Waals surface area contributed by atoms with E-state index in [2.05, 4.69) is 36.3 Å². The second kappa shape index (κ2) is 38.9. The number of ether oxygens (including phenoxy) is 2. The number of aliphatic hydroxyl groups excluding tert-OH is 4. The first-order chi connectivity index (χ1) is 30.4. The molecule has 0 saturated carbocycles. The number of hydrogen-bond donors (Lipinski definition) is 6. The van der Waals surface area contributed by atoms with Gasteiger partial charge in [-0.05, 0) is 52.1 Å². The molecule has 14 nitrogen and oxygen atoms in total. The zero-order valence-electron chi connectivity index (χ0n) is 40.3. The molecule has 0 bridgehead atoms. The van der Waals surface area contributed by atoms with Crippen molar-refractivity contribution < 1.29 is 49.1 Å². The van der Waals surface area contributed by atoms with Crippen molar-refractivity contribution in [3.63, 3.8) is 0 Å². The molecule has 6 unspecified atom stereocenters. The molecule has 0 spiro atoms. The van der Waals surface area contributed by atoms with E-state index in [1.165, 1.54) is 77.0 Å². The van der Waals surface area contributed by atoms with Crippen LogP contribution >= 0.6 is 0 Å². The number of piperazine rings is 1. The number of rotatable bonds is 43. The van der Waals surface area contributed by atoms with Crippen molar-refractivity contribution in [2.45, 2.75) is 238 Å². The third kappa shape index (κ3) is 32.9. The predicted molar refractivity (Wildman–Crippen MR) is 250 cm³/mol. The van der Waals surface area contributed by atoms with Gasteiger partial charge in [0.25, 0.3) is 0 Å². The number of hydrogen-bond acceptors (Lipinski definition) is 12. The second-order valence-electron chi connectivity index (χ2n) is 18.3. The van der Waals surface area contributed by atoms with E-state index in [0.717, 1.165) is 51.4 Å². The first-order valence-electron chi connectivity index (χ1n) is 25.5. The van der Waals surface area contributed by atoms with Gasteiger partial charge in [-0.3, -0.25) is 29.0 Å². The SMILES string of the molecule is CCCCCCCCC(O)CN(CCCC(=O)OCCC1NC(=O)C(CCOC(=O)CCCN(CC(O)CCCCCCCC)CC(O)CCCCCCCC)NC1=O)CC(C)O. The van der Waals surface area contributed by atoms with Crippen molar-refractivity contribution in [1.82, 2.24) is 20.4 Å². The summed E-state index contributed by atoms with van der Waals surface area (Å²) in [5, 5.41) is 47.5. The zero-order chi connectivity index (χ0) is 46.5. The fraction of sp³-hybridized carbons (Fsp3) is 0.918. The van der Waals surface area contributed by atoms with Gasteiger partial charge in [-0.25, -0.2) is 0 Å². The van der Waals surface area contributed by atoms with Crippen LogP contribution in [-0.2, 0) is 28.7 Å². The summed E-state index contributed by atoms with van der Waals surface area (Å²) in [6, 6.07) is -1.70. The largest absolute Gasteiger partial charge is 0.466 e. The molecule has 6 N–H and O–H groups in total. The summed E-state index contributed by atoms with van der Waals surface area (Å²) < 4.78 is 10.8. The highest BCUT2D eigenvalue weighted by Gasteiger charge is 2.33. The van der Waals surface area contributed by atoms with Gasteiger partial charge in [0.2, 0.25) is 11.8 Å². The van der Waals surface area contributed by atoms with Gasteiger partial charge in [-0.2, -0.15) is 0 Å². The first kappa shape index (κ1) is 58.7. The molecule has 0 aromatic carbocycles. The van der Waals surface area contributed by atoms with E-state index in [0.29, 0.717) is 58.5 Å². The maximum Gasteiger partial charge on any atom is 0.305 e. The van der Waals surface area contributed by atoms with Crippen molar-refractivity contribution in [3.05, 3.63) is 0 Å². The minimum Gasteiger partial charge on any atom is -0.466 e. The van der Waals surface area contributed by atoms with Crippen LogP contribution in [0.15, 0.2) is 0 Å². The van der Waals surface area contributed by atoms with Gasteiger partial charge in [0.05, 0.1) is 37.6 Å². The van der Waals surface area contributed by atoms with Crippen LogP contribution < -0.4 is 10.6 Å². The zero-order valence-corrected chi connectivity index (χ0v) is 40.3. The molecular weight excluding hydrogens is 805 g/mol. The summed E-state index contributed by atoms with van der Waals surface area (Å²) >= 11 is 0. The number of unbranched alkanes of at least 4 members (excludes halogenated alkanes) is 15.